The fourth-order valence-corrected chi connectivity index (χ4v) is 2.77. The van der Waals surface area contributed by atoms with Crippen LogP contribution in [-0.2, 0) is 5.41 Å². The van der Waals surface area contributed by atoms with Crippen LogP contribution in [0.3, 0.4) is 0 Å². The lowest BCUT2D eigenvalue weighted by Gasteiger charge is -2.12. The molecule has 4 rings (SSSR count). The van der Waals surface area contributed by atoms with Gasteiger partial charge in [-0.1, -0.05) is 0 Å². The number of aromatic nitrogens is 3. The van der Waals surface area contributed by atoms with Crippen molar-refractivity contribution < 1.29 is 0 Å². The van der Waals surface area contributed by atoms with E-state index >= 15 is 0 Å². The number of nitrogens with zero attached hydrogens (tertiary/aromatic N) is 3. The molecule has 0 fully saturated rings. The van der Waals surface area contributed by atoms with Gasteiger partial charge in [-0.2, -0.15) is 5.26 Å². The normalized spacial score (nSPS) is 20.0. The van der Waals surface area contributed by atoms with E-state index in [-0.39, 0.29) is 0 Å². The molecule has 5 nitrogen and oxygen atoms in total. The Morgan fingerprint density at radius 3 is 2.86 bits per heavy atom. The first-order chi connectivity index (χ1) is 10.2. The number of hydrogen-bond donors (Lipinski definition) is 2. The molecule has 1 atom stereocenters. The molecule has 0 bridgehead atoms. The van der Waals surface area contributed by atoms with Gasteiger partial charge in [0.25, 0.3) is 0 Å². The largest absolute Gasteiger partial charge is 0.383 e. The molecule has 0 saturated heterocycles. The molecule has 1 aromatic carbocycles. The molecule has 21 heavy (non-hydrogen) atoms. The second-order valence-corrected chi connectivity index (χ2v) is 5.53. The first-order valence-electron chi connectivity index (χ1n) is 6.79. The van der Waals surface area contributed by atoms with Gasteiger partial charge in [-0.05, 0) is 36.8 Å². The van der Waals surface area contributed by atoms with E-state index in [0.29, 0.717) is 6.54 Å². The number of hydrogen-bond acceptors (Lipinski definition) is 4. The predicted molar refractivity (Wildman–Crippen MR) is 80.8 cm³/mol. The zero-order chi connectivity index (χ0) is 14.4. The van der Waals surface area contributed by atoms with E-state index in [9.17, 15) is 5.26 Å². The monoisotopic (exact) mass is 275 g/mol. The van der Waals surface area contributed by atoms with Crippen LogP contribution in [0.1, 0.15) is 12.5 Å². The third kappa shape index (κ3) is 1.69. The third-order valence-corrected chi connectivity index (χ3v) is 4.05. The molecule has 1 unspecified atom stereocenters. The van der Waals surface area contributed by atoms with Crippen molar-refractivity contribution in [1.29, 1.82) is 5.26 Å². The maximum Gasteiger partial charge on any atom is 0.138 e. The van der Waals surface area contributed by atoms with E-state index in [0.717, 1.165) is 33.7 Å². The molecular formula is C16H13N5. The van der Waals surface area contributed by atoms with Crippen molar-refractivity contribution in [3.63, 3.8) is 0 Å². The van der Waals surface area contributed by atoms with Gasteiger partial charge in [-0.3, -0.25) is 4.98 Å². The Morgan fingerprint density at radius 1 is 1.29 bits per heavy atom. The van der Waals surface area contributed by atoms with Crippen LogP contribution in [0.4, 0.5) is 5.69 Å². The molecule has 0 aliphatic carbocycles. The average molecular weight is 275 g/mol. The van der Waals surface area contributed by atoms with Crippen molar-refractivity contribution in [2.24, 2.45) is 0 Å². The van der Waals surface area contributed by atoms with Gasteiger partial charge in [0, 0.05) is 30.2 Å². The highest BCUT2D eigenvalue weighted by Gasteiger charge is 2.35. The zero-order valence-electron chi connectivity index (χ0n) is 11.5. The van der Waals surface area contributed by atoms with Crippen LogP contribution in [0.15, 0.2) is 36.7 Å². The Labute approximate surface area is 121 Å². The molecule has 0 radical (unpaired) electrons. The van der Waals surface area contributed by atoms with E-state index in [4.69, 9.17) is 0 Å². The first-order valence-corrected chi connectivity index (χ1v) is 6.79. The van der Waals surface area contributed by atoms with Crippen molar-refractivity contribution in [2.75, 3.05) is 11.9 Å². The maximum atomic E-state index is 9.40. The number of H-pyrrole nitrogens is 1. The summed E-state index contributed by atoms with van der Waals surface area (Å²) in [6.07, 6.45) is 3.49. The van der Waals surface area contributed by atoms with E-state index in [1.807, 2.05) is 31.2 Å². The minimum atomic E-state index is -0.481. The number of fused-ring (bicyclic) bond motifs is 2. The van der Waals surface area contributed by atoms with Gasteiger partial charge in [-0.25, -0.2) is 4.98 Å². The van der Waals surface area contributed by atoms with Crippen molar-refractivity contribution in [2.45, 2.75) is 12.3 Å². The molecule has 0 amide bonds. The van der Waals surface area contributed by atoms with Crippen molar-refractivity contribution in [3.05, 3.63) is 42.2 Å². The molecule has 0 spiro atoms. The second kappa shape index (κ2) is 4.06. The average Bonchev–Trinajstić information content (AvgIpc) is 3.08. The van der Waals surface area contributed by atoms with Gasteiger partial charge in [0.05, 0.1) is 22.5 Å². The standard InChI is InChI=1S/C16H13N5/c1-16(8-17)9-19-12-7-14-13(6-11(12)16)20-15(21-14)10-2-4-18-5-3-10/h2-7,19H,9H2,1H3,(H,20,21). The van der Waals surface area contributed by atoms with Crippen LogP contribution < -0.4 is 5.32 Å². The maximum absolute atomic E-state index is 9.40. The summed E-state index contributed by atoms with van der Waals surface area (Å²) in [5.74, 6) is 0.815. The van der Waals surface area contributed by atoms with Crippen molar-refractivity contribution in [3.8, 4) is 17.5 Å². The van der Waals surface area contributed by atoms with Crippen LogP contribution >= 0.6 is 0 Å². The Bertz CT molecular complexity index is 875. The summed E-state index contributed by atoms with van der Waals surface area (Å²) in [6.45, 7) is 2.60. The number of pyridine rings is 1. The summed E-state index contributed by atoms with van der Waals surface area (Å²) in [6, 6.07) is 10.3. The second-order valence-electron chi connectivity index (χ2n) is 5.53. The smallest absolute Gasteiger partial charge is 0.138 e. The summed E-state index contributed by atoms with van der Waals surface area (Å²) in [7, 11) is 0. The molecule has 3 heterocycles. The van der Waals surface area contributed by atoms with Gasteiger partial charge >= 0.3 is 0 Å². The molecule has 1 aliphatic heterocycles. The summed E-state index contributed by atoms with van der Waals surface area (Å²) >= 11 is 0. The highest BCUT2D eigenvalue weighted by Crippen LogP contribution is 2.38. The van der Waals surface area contributed by atoms with Gasteiger partial charge in [-0.15, -0.1) is 0 Å². The van der Waals surface area contributed by atoms with Crippen LogP contribution in [0.5, 0.6) is 0 Å². The van der Waals surface area contributed by atoms with Gasteiger partial charge in [0.15, 0.2) is 0 Å². The number of anilines is 1. The topological polar surface area (TPSA) is 77.4 Å². The Kier molecular flexibility index (Phi) is 2.30. The minimum Gasteiger partial charge on any atom is -0.383 e. The van der Waals surface area contributed by atoms with E-state index in [1.165, 1.54) is 0 Å². The molecular weight excluding hydrogens is 262 g/mol. The van der Waals surface area contributed by atoms with Crippen LogP contribution in [0, 0.1) is 11.3 Å². The SMILES string of the molecule is CC1(C#N)CNc2cc3nc(-c4ccncc4)[nH]c3cc21. The van der Waals surface area contributed by atoms with Crippen LogP contribution in [-0.4, -0.2) is 21.5 Å². The third-order valence-electron chi connectivity index (χ3n) is 4.05. The Morgan fingerprint density at radius 2 is 2.10 bits per heavy atom. The van der Waals surface area contributed by atoms with E-state index in [1.54, 1.807) is 12.4 Å². The van der Waals surface area contributed by atoms with Crippen LogP contribution in [0.25, 0.3) is 22.4 Å². The van der Waals surface area contributed by atoms with Gasteiger partial charge in [0.2, 0.25) is 0 Å². The lowest BCUT2D eigenvalue weighted by molar-refractivity contribution is 0.681. The van der Waals surface area contributed by atoms with Crippen LogP contribution in [0.2, 0.25) is 0 Å². The highest BCUT2D eigenvalue weighted by molar-refractivity contribution is 5.86. The molecule has 0 saturated carbocycles. The number of benzene rings is 1. The summed E-state index contributed by atoms with van der Waals surface area (Å²) in [5, 5.41) is 12.7. The minimum absolute atomic E-state index is 0.481. The molecule has 5 heteroatoms. The molecule has 1 aliphatic rings. The lowest BCUT2D eigenvalue weighted by Crippen LogP contribution is -2.21. The van der Waals surface area contributed by atoms with Crippen molar-refractivity contribution >= 4 is 16.7 Å². The summed E-state index contributed by atoms with van der Waals surface area (Å²) in [4.78, 5) is 12.0. The van der Waals surface area contributed by atoms with E-state index < -0.39 is 5.41 Å². The van der Waals surface area contributed by atoms with Gasteiger partial charge in [0.1, 0.15) is 5.82 Å². The summed E-state index contributed by atoms with van der Waals surface area (Å²) < 4.78 is 0. The lowest BCUT2D eigenvalue weighted by atomic mass is 9.86. The zero-order valence-corrected chi connectivity index (χ0v) is 11.5. The Hall–Kier alpha value is -2.87. The number of nitriles is 1. The summed E-state index contributed by atoms with van der Waals surface area (Å²) in [5.41, 5.74) is 4.39. The fraction of sp³-hybridized carbons (Fsp3) is 0.188. The molecule has 2 aromatic heterocycles. The van der Waals surface area contributed by atoms with Crippen molar-refractivity contribution in [1.82, 2.24) is 15.0 Å². The first kappa shape index (κ1) is 11.9. The molecule has 3 aromatic rings. The number of imidazole rings is 1. The number of aromatic amines is 1. The predicted octanol–water partition coefficient (Wildman–Crippen LogP) is 2.83. The Balaban J connectivity index is 1.90. The van der Waals surface area contributed by atoms with E-state index in [2.05, 4.69) is 26.3 Å². The highest BCUT2D eigenvalue weighted by atomic mass is 15.0. The molecule has 102 valence electrons. The number of rotatable bonds is 1. The quantitative estimate of drug-likeness (QED) is 0.716. The molecule has 2 N–H and O–H groups in total. The fourth-order valence-electron chi connectivity index (χ4n) is 2.77. The van der Waals surface area contributed by atoms with Gasteiger partial charge < -0.3 is 10.3 Å². The number of nitrogens with one attached hydrogen (secondary N) is 2.